The molecule has 0 saturated carbocycles. The highest BCUT2D eigenvalue weighted by molar-refractivity contribution is 7.13. The molecule has 0 N–H and O–H groups in total. The predicted octanol–water partition coefficient (Wildman–Crippen LogP) is 3.71. The Morgan fingerprint density at radius 1 is 1.17 bits per heavy atom. The molecule has 0 saturated heterocycles. The van der Waals surface area contributed by atoms with Gasteiger partial charge in [-0.05, 0) is 36.8 Å². The summed E-state index contributed by atoms with van der Waals surface area (Å²) in [5, 5.41) is 8.76. The fraction of sp³-hybridized carbons (Fsp3) is 0.143. The summed E-state index contributed by atoms with van der Waals surface area (Å²) >= 11 is 1.22. The van der Waals surface area contributed by atoms with Crippen LogP contribution in [0.1, 0.15) is 33.3 Å². The number of hydrogen-bond donors (Lipinski definition) is 0. The molecule has 1 aliphatic heterocycles. The number of aryl methyl sites for hydroxylation is 1. The van der Waals surface area contributed by atoms with Gasteiger partial charge in [-0.2, -0.15) is 0 Å². The van der Waals surface area contributed by atoms with E-state index in [9.17, 15) is 9.59 Å². The zero-order valence-corrected chi connectivity index (χ0v) is 16.4. The molecule has 2 aromatic heterocycles. The number of aromatic nitrogens is 2. The smallest absolute Gasteiger partial charge is 0.297 e. The molecule has 0 aliphatic carbocycles. The molecule has 0 radical (unpaired) electrons. The van der Waals surface area contributed by atoms with Gasteiger partial charge in [0, 0.05) is 0 Å². The largest absolute Gasteiger partial charge is 0.497 e. The predicted molar refractivity (Wildman–Crippen MR) is 109 cm³/mol. The van der Waals surface area contributed by atoms with E-state index in [-0.39, 0.29) is 11.2 Å². The number of ether oxygens (including phenoxy) is 1. The molecule has 5 rings (SSSR count). The number of amides is 1. The lowest BCUT2D eigenvalue weighted by molar-refractivity contribution is 0.0970. The van der Waals surface area contributed by atoms with Crippen molar-refractivity contribution < 1.29 is 13.9 Å². The van der Waals surface area contributed by atoms with Crippen LogP contribution in [0.25, 0.3) is 11.0 Å². The second-order valence-electron chi connectivity index (χ2n) is 6.75. The number of fused-ring (bicyclic) bond motifs is 2. The van der Waals surface area contributed by atoms with Gasteiger partial charge in [0.1, 0.15) is 16.8 Å². The third-order valence-electron chi connectivity index (χ3n) is 4.99. The van der Waals surface area contributed by atoms with E-state index in [0.717, 1.165) is 11.1 Å². The Kier molecular flexibility index (Phi) is 3.95. The number of benzene rings is 2. The van der Waals surface area contributed by atoms with Crippen LogP contribution in [0.5, 0.6) is 5.75 Å². The first-order valence-electron chi connectivity index (χ1n) is 8.89. The van der Waals surface area contributed by atoms with Crippen LogP contribution in [0, 0.1) is 6.92 Å². The molecule has 3 heterocycles. The summed E-state index contributed by atoms with van der Waals surface area (Å²) in [6.07, 6.45) is 0. The molecule has 2 aromatic carbocycles. The standard InChI is InChI=1S/C21H15N3O4S/c1-11-6-7-15-14(8-11)18(25)16-17(12-4-3-5-13(9-12)27-2)24(20(26)19(16)28-15)21-23-22-10-29-21/h3-10,17H,1-2H3/t17-/m0/s1. The zero-order valence-electron chi connectivity index (χ0n) is 15.6. The second-order valence-corrected chi connectivity index (χ2v) is 7.56. The zero-order chi connectivity index (χ0) is 20.1. The molecule has 4 aromatic rings. The van der Waals surface area contributed by atoms with Crippen molar-refractivity contribution in [3.63, 3.8) is 0 Å². The average Bonchev–Trinajstić information content (AvgIpc) is 3.35. The number of nitrogens with zero attached hydrogens (tertiary/aromatic N) is 3. The maximum absolute atomic E-state index is 13.5. The fourth-order valence-electron chi connectivity index (χ4n) is 3.68. The highest BCUT2D eigenvalue weighted by Gasteiger charge is 2.45. The Morgan fingerprint density at radius 2 is 2.03 bits per heavy atom. The van der Waals surface area contributed by atoms with Gasteiger partial charge in [-0.15, -0.1) is 10.2 Å². The van der Waals surface area contributed by atoms with Crippen LogP contribution in [0.4, 0.5) is 5.13 Å². The molecule has 1 aliphatic rings. The minimum atomic E-state index is -0.679. The number of hydrogen-bond acceptors (Lipinski definition) is 7. The normalized spacial score (nSPS) is 15.7. The molecule has 7 nitrogen and oxygen atoms in total. The summed E-state index contributed by atoms with van der Waals surface area (Å²) < 4.78 is 11.3. The SMILES string of the molecule is COc1cccc([C@H]2c3c(oc4ccc(C)cc4c3=O)C(=O)N2c2nncs2)c1. The first-order chi connectivity index (χ1) is 14.1. The van der Waals surface area contributed by atoms with E-state index in [1.807, 2.05) is 31.2 Å². The van der Waals surface area contributed by atoms with Gasteiger partial charge in [0.05, 0.1) is 24.1 Å². The maximum atomic E-state index is 13.5. The van der Waals surface area contributed by atoms with Crippen LogP contribution in [0.3, 0.4) is 0 Å². The van der Waals surface area contributed by atoms with Crippen molar-refractivity contribution >= 4 is 33.3 Å². The number of carbonyl (C=O) groups is 1. The lowest BCUT2D eigenvalue weighted by atomic mass is 9.98. The Hall–Kier alpha value is -3.52. The third kappa shape index (κ3) is 2.64. The van der Waals surface area contributed by atoms with Gasteiger partial charge in [-0.25, -0.2) is 0 Å². The van der Waals surface area contributed by atoms with Gasteiger partial charge in [-0.3, -0.25) is 14.5 Å². The van der Waals surface area contributed by atoms with Crippen molar-refractivity contribution in [2.24, 2.45) is 0 Å². The van der Waals surface area contributed by atoms with E-state index < -0.39 is 11.9 Å². The Morgan fingerprint density at radius 3 is 2.79 bits per heavy atom. The van der Waals surface area contributed by atoms with Gasteiger partial charge in [0.2, 0.25) is 10.9 Å². The van der Waals surface area contributed by atoms with Crippen molar-refractivity contribution in [3.8, 4) is 5.75 Å². The summed E-state index contributed by atoms with van der Waals surface area (Å²) in [7, 11) is 1.57. The van der Waals surface area contributed by atoms with Gasteiger partial charge in [0.15, 0.2) is 5.43 Å². The van der Waals surface area contributed by atoms with Crippen LogP contribution < -0.4 is 15.1 Å². The molecule has 0 unspecified atom stereocenters. The van der Waals surface area contributed by atoms with Gasteiger partial charge in [0.25, 0.3) is 5.91 Å². The van der Waals surface area contributed by atoms with Gasteiger partial charge in [-0.1, -0.05) is 35.1 Å². The van der Waals surface area contributed by atoms with Crippen LogP contribution in [-0.4, -0.2) is 23.2 Å². The van der Waals surface area contributed by atoms with E-state index >= 15 is 0 Å². The quantitative estimate of drug-likeness (QED) is 0.517. The number of carbonyl (C=O) groups excluding carboxylic acids is 1. The molecule has 1 atom stereocenters. The van der Waals surface area contributed by atoms with E-state index in [2.05, 4.69) is 10.2 Å². The highest BCUT2D eigenvalue weighted by atomic mass is 32.1. The van der Waals surface area contributed by atoms with Crippen molar-refractivity contribution in [1.29, 1.82) is 0 Å². The van der Waals surface area contributed by atoms with E-state index in [1.165, 1.54) is 16.2 Å². The van der Waals surface area contributed by atoms with Gasteiger partial charge >= 0.3 is 0 Å². The topological polar surface area (TPSA) is 85.5 Å². The first kappa shape index (κ1) is 17.6. The monoisotopic (exact) mass is 405 g/mol. The average molecular weight is 405 g/mol. The van der Waals surface area contributed by atoms with E-state index in [0.29, 0.717) is 27.4 Å². The molecule has 1 amide bonds. The molecule has 0 bridgehead atoms. The summed E-state index contributed by atoms with van der Waals surface area (Å²) in [4.78, 5) is 28.2. The molecule has 144 valence electrons. The Bertz CT molecular complexity index is 1310. The molecule has 8 heteroatoms. The number of methoxy groups -OCH3 is 1. The Labute approximate surface area is 169 Å². The minimum Gasteiger partial charge on any atom is -0.497 e. The third-order valence-corrected chi connectivity index (χ3v) is 5.68. The van der Waals surface area contributed by atoms with Crippen molar-refractivity contribution in [3.05, 3.63) is 80.6 Å². The van der Waals surface area contributed by atoms with E-state index in [1.54, 1.807) is 30.8 Å². The van der Waals surface area contributed by atoms with Crippen molar-refractivity contribution in [1.82, 2.24) is 10.2 Å². The van der Waals surface area contributed by atoms with Gasteiger partial charge < -0.3 is 9.15 Å². The summed E-state index contributed by atoms with van der Waals surface area (Å²) in [6.45, 7) is 1.91. The Balaban J connectivity index is 1.83. The second kappa shape index (κ2) is 6.52. The summed E-state index contributed by atoms with van der Waals surface area (Å²) in [5.41, 5.74) is 3.67. The van der Waals surface area contributed by atoms with Crippen molar-refractivity contribution in [2.45, 2.75) is 13.0 Å². The number of rotatable bonds is 3. The molecular formula is C21H15N3O4S. The van der Waals surface area contributed by atoms with Crippen LogP contribution in [0.2, 0.25) is 0 Å². The molecule has 29 heavy (non-hydrogen) atoms. The fourth-order valence-corrected chi connectivity index (χ4v) is 4.27. The number of anilines is 1. The highest BCUT2D eigenvalue weighted by Crippen LogP contribution is 2.42. The van der Waals surface area contributed by atoms with Crippen LogP contribution in [0.15, 0.2) is 57.2 Å². The summed E-state index contributed by atoms with van der Waals surface area (Å²) in [5.74, 6) is 0.250. The van der Waals surface area contributed by atoms with Crippen LogP contribution in [-0.2, 0) is 0 Å². The van der Waals surface area contributed by atoms with Crippen molar-refractivity contribution in [2.75, 3.05) is 12.0 Å². The molecule has 0 fully saturated rings. The van der Waals surface area contributed by atoms with E-state index in [4.69, 9.17) is 9.15 Å². The molecular weight excluding hydrogens is 390 g/mol. The minimum absolute atomic E-state index is 0.0365. The first-order valence-corrected chi connectivity index (χ1v) is 9.77. The molecule has 0 spiro atoms. The lowest BCUT2D eigenvalue weighted by Crippen LogP contribution is -2.29. The van der Waals surface area contributed by atoms with Crippen LogP contribution >= 0.6 is 11.3 Å². The maximum Gasteiger partial charge on any atom is 0.297 e. The summed E-state index contributed by atoms with van der Waals surface area (Å²) in [6, 6.07) is 11.9. The lowest BCUT2D eigenvalue weighted by Gasteiger charge is -2.22.